The van der Waals surface area contributed by atoms with E-state index in [0.717, 1.165) is 11.5 Å². The number of aryl methyl sites for hydroxylation is 1. The molecule has 0 aromatic carbocycles. The number of aromatic nitrogens is 4. The van der Waals surface area contributed by atoms with Crippen molar-refractivity contribution < 1.29 is 9.90 Å². The highest BCUT2D eigenvalue weighted by atomic mass is 32.1. The van der Waals surface area contributed by atoms with E-state index in [9.17, 15) is 19.6 Å². The predicted octanol–water partition coefficient (Wildman–Crippen LogP) is 0.703. The number of hydrogen-bond donors (Lipinski definition) is 2. The molecule has 4 rings (SSSR count). The van der Waals surface area contributed by atoms with Gasteiger partial charge in [-0.05, 0) is 18.6 Å². The first-order valence-corrected chi connectivity index (χ1v) is 8.67. The van der Waals surface area contributed by atoms with E-state index in [1.807, 2.05) is 4.90 Å². The molecule has 1 fully saturated rings. The van der Waals surface area contributed by atoms with Crippen LogP contribution in [0.2, 0.25) is 0 Å². The van der Waals surface area contributed by atoms with Crippen molar-refractivity contribution in [1.29, 1.82) is 0 Å². The highest BCUT2D eigenvalue weighted by molar-refractivity contribution is 7.08. The van der Waals surface area contributed by atoms with Gasteiger partial charge in [-0.2, -0.15) is 4.37 Å². The van der Waals surface area contributed by atoms with Crippen LogP contribution in [0.3, 0.4) is 0 Å². The minimum Gasteiger partial charge on any atom is -0.477 e. The fourth-order valence-corrected chi connectivity index (χ4v) is 3.54. The van der Waals surface area contributed by atoms with Gasteiger partial charge in [0.25, 0.3) is 0 Å². The summed E-state index contributed by atoms with van der Waals surface area (Å²) in [7, 11) is 0. The van der Waals surface area contributed by atoms with E-state index < -0.39 is 11.4 Å². The smallest absolute Gasteiger partial charge is 0.341 e. The highest BCUT2D eigenvalue weighted by Crippen LogP contribution is 2.26. The molecule has 0 bridgehead atoms. The second kappa shape index (κ2) is 6.39. The van der Waals surface area contributed by atoms with Crippen molar-refractivity contribution >= 4 is 34.4 Å². The van der Waals surface area contributed by atoms with E-state index in [1.165, 1.54) is 17.1 Å². The SMILES string of the molecule is Cc1cc(N2CC(NN=O)C2)nc2c1c(=O)c(C(=O)O)cn2-c1ncns1. The topological polar surface area (TPSA) is 143 Å². The van der Waals surface area contributed by atoms with E-state index in [4.69, 9.17) is 0 Å². The lowest BCUT2D eigenvalue weighted by Gasteiger charge is -2.39. The van der Waals surface area contributed by atoms with Crippen LogP contribution < -0.4 is 15.8 Å². The molecular formula is C15H13N7O4S. The third-order valence-corrected chi connectivity index (χ3v) is 5.03. The summed E-state index contributed by atoms with van der Waals surface area (Å²) in [4.78, 5) is 45.1. The zero-order valence-electron chi connectivity index (χ0n) is 14.0. The van der Waals surface area contributed by atoms with Gasteiger partial charge in [-0.25, -0.2) is 14.8 Å². The molecule has 138 valence electrons. The van der Waals surface area contributed by atoms with Crippen LogP contribution in [0.15, 0.2) is 28.7 Å². The molecule has 3 aromatic rings. The van der Waals surface area contributed by atoms with Crippen LogP contribution >= 0.6 is 11.5 Å². The third-order valence-electron chi connectivity index (χ3n) is 4.37. The Balaban J connectivity index is 1.91. The van der Waals surface area contributed by atoms with Crippen LogP contribution in [-0.2, 0) is 0 Å². The molecule has 27 heavy (non-hydrogen) atoms. The second-order valence-electron chi connectivity index (χ2n) is 6.09. The second-order valence-corrected chi connectivity index (χ2v) is 6.85. The van der Waals surface area contributed by atoms with Gasteiger partial charge in [-0.15, -0.1) is 4.91 Å². The van der Waals surface area contributed by atoms with Gasteiger partial charge in [-0.3, -0.25) is 14.8 Å². The minimum absolute atomic E-state index is 0.0555. The summed E-state index contributed by atoms with van der Waals surface area (Å²) in [5.41, 5.74) is 2.41. The Morgan fingerprint density at radius 2 is 2.22 bits per heavy atom. The Labute approximate surface area is 155 Å². The zero-order chi connectivity index (χ0) is 19.1. The van der Waals surface area contributed by atoms with Crippen LogP contribution in [0.1, 0.15) is 15.9 Å². The minimum atomic E-state index is -1.32. The van der Waals surface area contributed by atoms with Gasteiger partial charge in [0, 0.05) is 36.1 Å². The van der Waals surface area contributed by atoms with Crippen LogP contribution in [0, 0.1) is 11.8 Å². The maximum Gasteiger partial charge on any atom is 0.341 e. The van der Waals surface area contributed by atoms with E-state index in [-0.39, 0.29) is 17.0 Å². The van der Waals surface area contributed by atoms with Gasteiger partial charge in [0.2, 0.25) is 10.6 Å². The number of pyridine rings is 2. The standard InChI is InChI=1S/C15H13N7O4S/c1-7-2-10(21-3-8(4-21)19-20-26)18-13-11(7)12(23)9(14(24)25)5-22(13)15-16-6-17-27-15/h2,5-6,8H,3-4H2,1H3,(H,19,26)(H,24,25). The Morgan fingerprint density at radius 1 is 1.44 bits per heavy atom. The summed E-state index contributed by atoms with van der Waals surface area (Å²) < 4.78 is 5.41. The molecule has 0 aliphatic carbocycles. The molecule has 1 aliphatic rings. The summed E-state index contributed by atoms with van der Waals surface area (Å²) in [5, 5.41) is 12.7. The number of carbonyl (C=O) groups is 1. The monoisotopic (exact) mass is 387 g/mol. The van der Waals surface area contributed by atoms with Gasteiger partial charge >= 0.3 is 5.97 Å². The molecular weight excluding hydrogens is 374 g/mol. The van der Waals surface area contributed by atoms with Crippen molar-refractivity contribution in [2.24, 2.45) is 5.29 Å². The summed E-state index contributed by atoms with van der Waals surface area (Å²) >= 11 is 1.06. The quantitative estimate of drug-likeness (QED) is 0.478. The Morgan fingerprint density at radius 3 is 2.85 bits per heavy atom. The summed E-state index contributed by atoms with van der Waals surface area (Å²) in [5.74, 6) is -0.702. The molecule has 0 atom stereocenters. The van der Waals surface area contributed by atoms with E-state index >= 15 is 0 Å². The largest absolute Gasteiger partial charge is 0.477 e. The molecule has 4 heterocycles. The number of aromatic carboxylic acids is 1. The number of nitrogens with one attached hydrogen (secondary N) is 1. The molecule has 0 amide bonds. The number of hydrogen-bond acceptors (Lipinski definition) is 9. The first-order valence-electron chi connectivity index (χ1n) is 7.89. The van der Waals surface area contributed by atoms with Crippen molar-refractivity contribution in [3.63, 3.8) is 0 Å². The number of nitroso groups, excluding NO2 is 1. The zero-order valence-corrected chi connectivity index (χ0v) is 14.8. The first kappa shape index (κ1) is 17.0. The fraction of sp³-hybridized carbons (Fsp3) is 0.267. The Hall–Kier alpha value is -3.41. The number of anilines is 1. The molecule has 0 saturated carbocycles. The summed E-state index contributed by atoms with van der Waals surface area (Å²) in [6, 6.07) is 1.67. The third kappa shape index (κ3) is 2.79. The Kier molecular flexibility index (Phi) is 4.03. The number of rotatable bonds is 5. The van der Waals surface area contributed by atoms with Crippen LogP contribution in [0.4, 0.5) is 5.82 Å². The van der Waals surface area contributed by atoms with Crippen molar-refractivity contribution in [1.82, 2.24) is 24.3 Å². The first-order chi connectivity index (χ1) is 13.0. The molecule has 0 spiro atoms. The highest BCUT2D eigenvalue weighted by Gasteiger charge is 2.29. The van der Waals surface area contributed by atoms with E-state index in [0.29, 0.717) is 35.2 Å². The number of nitrogens with zero attached hydrogens (tertiary/aromatic N) is 6. The molecule has 11 nitrogen and oxygen atoms in total. The van der Waals surface area contributed by atoms with Gasteiger partial charge in [0.1, 0.15) is 17.7 Å². The van der Waals surface area contributed by atoms with Gasteiger partial charge < -0.3 is 10.0 Å². The maximum absolute atomic E-state index is 12.7. The molecule has 1 saturated heterocycles. The van der Waals surface area contributed by atoms with Crippen LogP contribution in [0.25, 0.3) is 16.2 Å². The normalized spacial score (nSPS) is 14.2. The van der Waals surface area contributed by atoms with Crippen molar-refractivity contribution in [2.75, 3.05) is 18.0 Å². The average molecular weight is 387 g/mol. The molecule has 2 N–H and O–H groups in total. The van der Waals surface area contributed by atoms with E-state index in [2.05, 4.69) is 25.1 Å². The van der Waals surface area contributed by atoms with Crippen molar-refractivity contribution in [3.05, 3.63) is 44.8 Å². The van der Waals surface area contributed by atoms with Crippen molar-refractivity contribution in [3.8, 4) is 5.13 Å². The maximum atomic E-state index is 12.7. The van der Waals surface area contributed by atoms with Gasteiger partial charge in [-0.1, -0.05) is 0 Å². The summed E-state index contributed by atoms with van der Waals surface area (Å²) in [6.45, 7) is 2.81. The average Bonchev–Trinajstić information content (AvgIpc) is 3.11. The lowest BCUT2D eigenvalue weighted by Crippen LogP contribution is -2.57. The number of carboxylic acid groups (broad SMARTS) is 1. The lowest BCUT2D eigenvalue weighted by molar-refractivity contribution is 0.0695. The number of fused-ring (bicyclic) bond motifs is 1. The van der Waals surface area contributed by atoms with E-state index in [1.54, 1.807) is 13.0 Å². The van der Waals surface area contributed by atoms with Gasteiger partial charge in [0.05, 0.1) is 11.4 Å². The number of carboxylic acids is 1. The lowest BCUT2D eigenvalue weighted by atomic mass is 10.1. The molecule has 3 aromatic heterocycles. The molecule has 0 radical (unpaired) electrons. The Bertz CT molecular complexity index is 1110. The summed E-state index contributed by atoms with van der Waals surface area (Å²) in [6.07, 6.45) is 2.57. The van der Waals surface area contributed by atoms with Gasteiger partial charge in [0.15, 0.2) is 5.65 Å². The van der Waals surface area contributed by atoms with Crippen LogP contribution in [0.5, 0.6) is 0 Å². The molecule has 0 unspecified atom stereocenters. The van der Waals surface area contributed by atoms with Crippen LogP contribution in [-0.4, -0.2) is 49.1 Å². The molecule has 12 heteroatoms. The van der Waals surface area contributed by atoms with Crippen molar-refractivity contribution in [2.45, 2.75) is 13.0 Å². The fourth-order valence-electron chi connectivity index (χ4n) is 3.03. The molecule has 1 aliphatic heterocycles. The predicted molar refractivity (Wildman–Crippen MR) is 97.4 cm³/mol.